The van der Waals surface area contributed by atoms with Crippen LogP contribution >= 0.6 is 0 Å². The van der Waals surface area contributed by atoms with Crippen LogP contribution in [-0.2, 0) is 6.54 Å². The Bertz CT molecular complexity index is 949. The predicted molar refractivity (Wildman–Crippen MR) is 111 cm³/mol. The van der Waals surface area contributed by atoms with Gasteiger partial charge < -0.3 is 5.32 Å². The van der Waals surface area contributed by atoms with Crippen LogP contribution in [0.5, 0.6) is 0 Å². The average Bonchev–Trinajstić information content (AvgIpc) is 3.26. The lowest BCUT2D eigenvalue weighted by Crippen LogP contribution is -2.37. The summed E-state index contributed by atoms with van der Waals surface area (Å²) in [5.74, 6) is -0.0243. The summed E-state index contributed by atoms with van der Waals surface area (Å²) in [6.45, 7) is 6.67. The maximum Gasteiger partial charge on any atom is 0.255 e. The number of aryl methyl sites for hydroxylation is 1. The number of likely N-dealkylation sites (tertiary alicyclic amines) is 1. The number of rotatable bonds is 5. The Morgan fingerprint density at radius 3 is 2.46 bits per heavy atom. The summed E-state index contributed by atoms with van der Waals surface area (Å²) in [6.07, 6.45) is 0.976. The molecule has 5 heteroatoms. The molecule has 1 atom stereocenters. The van der Waals surface area contributed by atoms with E-state index >= 15 is 0 Å². The van der Waals surface area contributed by atoms with Crippen LogP contribution in [-0.4, -0.2) is 39.7 Å². The summed E-state index contributed by atoms with van der Waals surface area (Å²) in [5, 5.41) is 7.82. The van der Waals surface area contributed by atoms with Crippen molar-refractivity contribution in [3.63, 3.8) is 0 Å². The van der Waals surface area contributed by atoms with Gasteiger partial charge in [0.25, 0.3) is 5.91 Å². The number of hydrogen-bond acceptors (Lipinski definition) is 3. The fraction of sp³-hybridized carbons (Fsp3) is 0.304. The smallest absolute Gasteiger partial charge is 0.255 e. The Balaban J connectivity index is 1.43. The van der Waals surface area contributed by atoms with Gasteiger partial charge in [-0.2, -0.15) is 5.10 Å². The first-order valence-corrected chi connectivity index (χ1v) is 9.80. The third-order valence-corrected chi connectivity index (χ3v) is 5.38. The van der Waals surface area contributed by atoms with Crippen molar-refractivity contribution in [3.8, 4) is 5.69 Å². The van der Waals surface area contributed by atoms with Crippen LogP contribution in [0.4, 0.5) is 0 Å². The van der Waals surface area contributed by atoms with Crippen molar-refractivity contribution in [2.24, 2.45) is 0 Å². The van der Waals surface area contributed by atoms with Gasteiger partial charge in [-0.25, -0.2) is 4.68 Å². The lowest BCUT2D eigenvalue weighted by molar-refractivity contribution is 0.0936. The minimum atomic E-state index is -0.0243. The van der Waals surface area contributed by atoms with Crippen LogP contribution < -0.4 is 5.32 Å². The second-order valence-corrected chi connectivity index (χ2v) is 7.47. The highest BCUT2D eigenvalue weighted by Gasteiger charge is 2.26. The van der Waals surface area contributed by atoms with Gasteiger partial charge in [0.15, 0.2) is 0 Å². The molecule has 3 aromatic rings. The van der Waals surface area contributed by atoms with E-state index in [1.807, 2.05) is 54.9 Å². The van der Waals surface area contributed by atoms with Crippen LogP contribution in [0.25, 0.3) is 5.69 Å². The Morgan fingerprint density at radius 1 is 1.07 bits per heavy atom. The summed E-state index contributed by atoms with van der Waals surface area (Å²) in [7, 11) is 0. The monoisotopic (exact) mass is 374 g/mol. The lowest BCUT2D eigenvalue weighted by atomic mass is 10.1. The molecule has 1 aromatic heterocycles. The predicted octanol–water partition coefficient (Wildman–Crippen LogP) is 3.49. The minimum Gasteiger partial charge on any atom is -0.348 e. The molecule has 1 N–H and O–H groups in total. The fourth-order valence-electron chi connectivity index (χ4n) is 3.99. The van der Waals surface area contributed by atoms with Gasteiger partial charge >= 0.3 is 0 Å². The third kappa shape index (κ3) is 3.85. The first-order chi connectivity index (χ1) is 13.6. The van der Waals surface area contributed by atoms with Crippen LogP contribution in [0.2, 0.25) is 0 Å². The normalized spacial score (nSPS) is 17.0. The second kappa shape index (κ2) is 7.98. The van der Waals surface area contributed by atoms with E-state index in [4.69, 9.17) is 0 Å². The molecule has 1 aliphatic rings. The highest BCUT2D eigenvalue weighted by molar-refractivity contribution is 5.96. The van der Waals surface area contributed by atoms with Crippen molar-refractivity contribution in [3.05, 3.63) is 83.2 Å². The molecule has 4 rings (SSSR count). The van der Waals surface area contributed by atoms with E-state index in [1.54, 1.807) is 0 Å². The number of aromatic nitrogens is 2. The Kier molecular flexibility index (Phi) is 5.26. The fourth-order valence-corrected chi connectivity index (χ4v) is 3.99. The van der Waals surface area contributed by atoms with Gasteiger partial charge in [-0.05, 0) is 38.0 Å². The molecular weight excluding hydrogens is 348 g/mol. The molecule has 1 saturated heterocycles. The molecule has 1 unspecified atom stereocenters. The lowest BCUT2D eigenvalue weighted by Gasteiger charge is -2.17. The number of nitrogens with one attached hydrogen (secondary N) is 1. The van der Waals surface area contributed by atoms with Crippen molar-refractivity contribution in [1.29, 1.82) is 0 Å². The van der Waals surface area contributed by atoms with Gasteiger partial charge in [0, 0.05) is 25.7 Å². The molecule has 0 bridgehead atoms. The summed E-state index contributed by atoms with van der Waals surface area (Å²) < 4.78 is 1.85. The topological polar surface area (TPSA) is 50.2 Å². The van der Waals surface area contributed by atoms with Crippen molar-refractivity contribution < 1.29 is 4.79 Å². The zero-order valence-corrected chi connectivity index (χ0v) is 16.4. The Hall–Kier alpha value is -2.92. The van der Waals surface area contributed by atoms with E-state index in [9.17, 15) is 4.79 Å². The summed E-state index contributed by atoms with van der Waals surface area (Å²) in [6, 6.07) is 20.6. The Morgan fingerprint density at radius 2 is 1.75 bits per heavy atom. The number of hydrogen-bond donors (Lipinski definition) is 1. The van der Waals surface area contributed by atoms with E-state index < -0.39 is 0 Å². The largest absolute Gasteiger partial charge is 0.348 e. The molecule has 28 heavy (non-hydrogen) atoms. The maximum atomic E-state index is 13.0. The molecule has 2 heterocycles. The van der Waals surface area contributed by atoms with Crippen LogP contribution in [0.1, 0.15) is 33.7 Å². The van der Waals surface area contributed by atoms with Crippen LogP contribution in [0.3, 0.4) is 0 Å². The van der Waals surface area contributed by atoms with Gasteiger partial charge in [0.2, 0.25) is 0 Å². The van der Waals surface area contributed by atoms with Gasteiger partial charge in [0.05, 0.1) is 22.6 Å². The number of nitrogens with zero attached hydrogens (tertiary/aromatic N) is 3. The van der Waals surface area contributed by atoms with Gasteiger partial charge in [-0.1, -0.05) is 48.5 Å². The molecule has 1 fully saturated rings. The molecule has 144 valence electrons. The van der Waals surface area contributed by atoms with Gasteiger partial charge in [0.1, 0.15) is 0 Å². The van der Waals surface area contributed by atoms with Crippen molar-refractivity contribution in [2.75, 3.05) is 13.1 Å². The number of benzene rings is 2. The van der Waals surface area contributed by atoms with Gasteiger partial charge in [-0.15, -0.1) is 0 Å². The second-order valence-electron chi connectivity index (χ2n) is 7.47. The number of carbonyl (C=O) groups is 1. The van der Waals surface area contributed by atoms with Crippen LogP contribution in [0, 0.1) is 13.8 Å². The summed E-state index contributed by atoms with van der Waals surface area (Å²) >= 11 is 0. The molecule has 0 radical (unpaired) electrons. The molecule has 2 aromatic carbocycles. The zero-order valence-electron chi connectivity index (χ0n) is 16.4. The van der Waals surface area contributed by atoms with Crippen molar-refractivity contribution in [1.82, 2.24) is 20.0 Å². The van der Waals surface area contributed by atoms with Crippen LogP contribution in [0.15, 0.2) is 60.7 Å². The summed E-state index contributed by atoms with van der Waals surface area (Å²) in [4.78, 5) is 15.4. The summed E-state index contributed by atoms with van der Waals surface area (Å²) in [5.41, 5.74) is 4.60. The highest BCUT2D eigenvalue weighted by Crippen LogP contribution is 2.19. The highest BCUT2D eigenvalue weighted by atomic mass is 16.1. The Labute approximate surface area is 166 Å². The number of carbonyl (C=O) groups excluding carboxylic acids is 1. The SMILES string of the molecule is Cc1nn(-c2ccccc2)c(C)c1C(=O)NC1CCN(Cc2ccccc2)C1. The maximum absolute atomic E-state index is 13.0. The molecule has 0 aliphatic carbocycles. The first-order valence-electron chi connectivity index (χ1n) is 9.80. The number of amides is 1. The van der Waals surface area contributed by atoms with Gasteiger partial charge in [-0.3, -0.25) is 9.69 Å². The molecule has 1 aliphatic heterocycles. The minimum absolute atomic E-state index is 0.0243. The standard InChI is InChI=1S/C23H26N4O/c1-17-22(18(2)27(25-17)21-11-7-4-8-12-21)23(28)24-20-13-14-26(16-20)15-19-9-5-3-6-10-19/h3-12,20H,13-16H2,1-2H3,(H,24,28). The quantitative estimate of drug-likeness (QED) is 0.744. The molecule has 1 amide bonds. The van der Waals surface area contributed by atoms with Crippen molar-refractivity contribution >= 4 is 5.91 Å². The zero-order chi connectivity index (χ0) is 19.5. The van der Waals surface area contributed by atoms with E-state index in [0.717, 1.165) is 43.1 Å². The van der Waals surface area contributed by atoms with E-state index in [1.165, 1.54) is 5.56 Å². The molecule has 0 saturated carbocycles. The first kappa shape index (κ1) is 18.4. The molecule has 5 nitrogen and oxygen atoms in total. The van der Waals surface area contributed by atoms with E-state index in [-0.39, 0.29) is 11.9 Å². The van der Waals surface area contributed by atoms with Crippen molar-refractivity contribution in [2.45, 2.75) is 32.9 Å². The molecular formula is C23H26N4O. The van der Waals surface area contributed by atoms with E-state index in [2.05, 4.69) is 39.6 Å². The van der Waals surface area contributed by atoms with E-state index in [0.29, 0.717) is 5.56 Å². The average molecular weight is 374 g/mol. The third-order valence-electron chi connectivity index (χ3n) is 5.38. The molecule has 0 spiro atoms. The number of para-hydroxylation sites is 1.